The van der Waals surface area contributed by atoms with Gasteiger partial charge in [-0.1, -0.05) is 36.1 Å². The average Bonchev–Trinajstić information content (AvgIpc) is 3.49. The van der Waals surface area contributed by atoms with Gasteiger partial charge in [0.1, 0.15) is 5.75 Å². The van der Waals surface area contributed by atoms with Crippen molar-refractivity contribution in [3.05, 3.63) is 72.9 Å². The van der Waals surface area contributed by atoms with Gasteiger partial charge in [-0.2, -0.15) is 0 Å². The summed E-state index contributed by atoms with van der Waals surface area (Å²) in [5, 5.41) is 4.14. The summed E-state index contributed by atoms with van der Waals surface area (Å²) >= 11 is 1.59. The molecule has 4 rings (SSSR count). The third kappa shape index (κ3) is 5.32. The van der Waals surface area contributed by atoms with Crippen molar-refractivity contribution in [2.45, 2.75) is 6.42 Å². The highest BCUT2D eigenvalue weighted by molar-refractivity contribution is 7.22. The molecule has 0 amide bonds. The quantitative estimate of drug-likeness (QED) is 0.292. The number of aromatic nitrogens is 1. The van der Waals surface area contributed by atoms with E-state index in [0.717, 1.165) is 21.0 Å². The number of nitrogens with zero attached hydrogens (tertiary/aromatic N) is 3. The first-order valence-electron chi connectivity index (χ1n) is 10.5. The van der Waals surface area contributed by atoms with Gasteiger partial charge in [0, 0.05) is 25.0 Å². The van der Waals surface area contributed by atoms with Gasteiger partial charge in [-0.3, -0.25) is 4.79 Å². The van der Waals surface area contributed by atoms with Crippen LogP contribution in [0.15, 0.2) is 77.9 Å². The van der Waals surface area contributed by atoms with Crippen molar-refractivity contribution in [3.63, 3.8) is 0 Å². The monoisotopic (exact) mass is 463 g/mol. The molecule has 9 heteroatoms. The molecule has 1 fully saturated rings. The minimum Gasteiger partial charge on any atom is -0.469 e. The van der Waals surface area contributed by atoms with E-state index in [4.69, 9.17) is 15.2 Å². The molecule has 0 spiro atoms. The predicted octanol–water partition coefficient (Wildman–Crippen LogP) is 4.26. The Morgan fingerprint density at radius 1 is 1.30 bits per heavy atom. The summed E-state index contributed by atoms with van der Waals surface area (Å²) in [5.74, 6) is 0.723. The molecule has 0 aliphatic carbocycles. The van der Waals surface area contributed by atoms with Gasteiger partial charge in [-0.25, -0.2) is 9.98 Å². The molecule has 3 N–H and O–H groups in total. The minimum atomic E-state index is -0.237. The normalized spacial score (nSPS) is 16.6. The number of hydrogen-bond acceptors (Lipinski definition) is 9. The molecule has 1 aliphatic rings. The molecule has 1 atom stereocenters. The molecular formula is C24H25N5O3S. The molecule has 2 heterocycles. The van der Waals surface area contributed by atoms with Gasteiger partial charge in [0.25, 0.3) is 5.88 Å². The van der Waals surface area contributed by atoms with Crippen LogP contribution >= 0.6 is 11.3 Å². The highest BCUT2D eigenvalue weighted by atomic mass is 32.1. The van der Waals surface area contributed by atoms with Crippen molar-refractivity contribution in [2.24, 2.45) is 16.6 Å². The molecular weight excluding hydrogens is 438 g/mol. The van der Waals surface area contributed by atoms with Crippen LogP contribution in [0.2, 0.25) is 0 Å². The smallest absolute Gasteiger partial charge is 0.310 e. The zero-order valence-electron chi connectivity index (χ0n) is 18.2. The fraction of sp³-hybridized carbons (Fsp3) is 0.208. The zero-order valence-corrected chi connectivity index (χ0v) is 19.0. The molecule has 0 bridgehead atoms. The first kappa shape index (κ1) is 22.3. The number of ether oxygens (including phenoxy) is 2. The summed E-state index contributed by atoms with van der Waals surface area (Å²) in [6, 6.07) is 15.5. The number of nitrogens with one attached hydrogen (secondary N) is 1. The van der Waals surface area contributed by atoms with E-state index in [9.17, 15) is 4.79 Å². The van der Waals surface area contributed by atoms with Crippen molar-refractivity contribution in [1.82, 2.24) is 9.88 Å². The zero-order chi connectivity index (χ0) is 23.2. The van der Waals surface area contributed by atoms with Gasteiger partial charge in [0.05, 0.1) is 23.2 Å². The summed E-state index contributed by atoms with van der Waals surface area (Å²) in [6.45, 7) is 4.73. The van der Waals surface area contributed by atoms with E-state index in [0.29, 0.717) is 31.1 Å². The molecule has 33 heavy (non-hydrogen) atoms. The lowest BCUT2D eigenvalue weighted by molar-refractivity contribution is -0.144. The Morgan fingerprint density at radius 3 is 2.82 bits per heavy atom. The summed E-state index contributed by atoms with van der Waals surface area (Å²) in [6.07, 6.45) is 3.72. The predicted molar refractivity (Wildman–Crippen MR) is 132 cm³/mol. The number of para-hydroxylation sites is 1. The number of likely N-dealkylation sites (tertiary alicyclic amines) is 1. The van der Waals surface area contributed by atoms with Crippen molar-refractivity contribution < 1.29 is 14.3 Å². The Morgan fingerprint density at radius 2 is 2.09 bits per heavy atom. The van der Waals surface area contributed by atoms with Gasteiger partial charge < -0.3 is 25.4 Å². The number of rotatable bonds is 8. The van der Waals surface area contributed by atoms with Crippen LogP contribution in [0.5, 0.6) is 5.75 Å². The topological polar surface area (TPSA) is 102 Å². The Labute approximate surface area is 196 Å². The van der Waals surface area contributed by atoms with E-state index in [2.05, 4.69) is 21.9 Å². The number of benzene rings is 2. The number of carbonyl (C=O) groups is 1. The fourth-order valence-corrected chi connectivity index (χ4v) is 4.39. The second kappa shape index (κ2) is 10.2. The number of anilines is 2. The molecule has 1 aliphatic heterocycles. The maximum absolute atomic E-state index is 11.8. The first-order chi connectivity index (χ1) is 16.1. The van der Waals surface area contributed by atoms with Crippen LogP contribution in [-0.4, -0.2) is 42.3 Å². The van der Waals surface area contributed by atoms with E-state index in [-0.39, 0.29) is 17.8 Å². The van der Waals surface area contributed by atoms with E-state index in [1.54, 1.807) is 17.4 Å². The van der Waals surface area contributed by atoms with Gasteiger partial charge in [0.15, 0.2) is 11.0 Å². The lowest BCUT2D eigenvalue weighted by atomic mass is 10.1. The van der Waals surface area contributed by atoms with Gasteiger partial charge >= 0.3 is 5.97 Å². The lowest BCUT2D eigenvalue weighted by Crippen LogP contribution is -2.29. The highest BCUT2D eigenvalue weighted by Gasteiger charge is 2.31. The molecule has 2 aromatic carbocycles. The second-order valence-corrected chi connectivity index (χ2v) is 8.43. The van der Waals surface area contributed by atoms with E-state index in [1.165, 1.54) is 13.3 Å². The Kier molecular flexibility index (Phi) is 6.89. The number of aliphatic imine (C=N–C) groups is 1. The van der Waals surface area contributed by atoms with Crippen molar-refractivity contribution in [1.29, 1.82) is 0 Å². The van der Waals surface area contributed by atoms with E-state index >= 15 is 0 Å². The van der Waals surface area contributed by atoms with Crippen LogP contribution in [0.1, 0.15) is 6.42 Å². The second-order valence-electron chi connectivity index (χ2n) is 7.40. The van der Waals surface area contributed by atoms with Crippen LogP contribution in [0.4, 0.5) is 10.8 Å². The number of hydrogen-bond donors (Lipinski definition) is 2. The molecule has 0 radical (unpaired) electrons. The standard InChI is InChI=1S/C24H25N5O3S/c1-3-13-26-22(21(25)29-14-12-16(15-29)23(30)31-2)32-18-10-8-17(9-11-18)27-24-28-19-6-4-5-7-20(19)33-24/h3-11,13,16H,1,12,14-15,25H2,2H3,(H,27,28)/b22-21-,26-13-/t16-/m1/s1. The molecule has 8 nitrogen and oxygen atoms in total. The molecule has 0 saturated carbocycles. The summed E-state index contributed by atoms with van der Waals surface area (Å²) in [5.41, 5.74) is 8.19. The van der Waals surface area contributed by atoms with E-state index < -0.39 is 0 Å². The number of esters is 1. The Balaban J connectivity index is 1.47. The van der Waals surface area contributed by atoms with E-state index in [1.807, 2.05) is 53.4 Å². The van der Waals surface area contributed by atoms with Crippen LogP contribution in [0, 0.1) is 5.92 Å². The maximum atomic E-state index is 11.8. The number of fused-ring (bicyclic) bond motifs is 1. The average molecular weight is 464 g/mol. The number of methoxy groups -OCH3 is 1. The number of allylic oxidation sites excluding steroid dienone is 1. The van der Waals surface area contributed by atoms with Crippen LogP contribution in [0.3, 0.4) is 0 Å². The molecule has 1 aromatic heterocycles. The van der Waals surface area contributed by atoms with Crippen molar-refractivity contribution in [2.75, 3.05) is 25.5 Å². The lowest BCUT2D eigenvalue weighted by Gasteiger charge is -2.20. The highest BCUT2D eigenvalue weighted by Crippen LogP contribution is 2.29. The SMILES string of the molecule is C=C/C=N\C(Oc1ccc(Nc2nc3ccccc3s2)cc1)=C(/N)N1CC[C@@H](C(=O)OC)C1. The molecule has 0 unspecified atom stereocenters. The summed E-state index contributed by atoms with van der Waals surface area (Å²) in [4.78, 5) is 22.6. The van der Waals surface area contributed by atoms with Crippen LogP contribution < -0.4 is 15.8 Å². The molecule has 170 valence electrons. The molecule has 1 saturated heterocycles. The van der Waals surface area contributed by atoms with Crippen LogP contribution in [-0.2, 0) is 9.53 Å². The largest absolute Gasteiger partial charge is 0.469 e. The number of nitrogens with two attached hydrogens (primary N) is 1. The van der Waals surface area contributed by atoms with Gasteiger partial charge in [-0.15, -0.1) is 0 Å². The van der Waals surface area contributed by atoms with Crippen molar-refractivity contribution >= 4 is 44.6 Å². The number of thiazole rings is 1. The first-order valence-corrected chi connectivity index (χ1v) is 11.3. The summed E-state index contributed by atoms with van der Waals surface area (Å²) < 4.78 is 12.0. The molecule has 3 aromatic rings. The maximum Gasteiger partial charge on any atom is 0.310 e. The fourth-order valence-electron chi connectivity index (χ4n) is 3.51. The summed E-state index contributed by atoms with van der Waals surface area (Å²) in [7, 11) is 1.39. The Bertz CT molecular complexity index is 1170. The van der Waals surface area contributed by atoms with Gasteiger partial charge in [-0.05, 0) is 42.8 Å². The third-order valence-electron chi connectivity index (χ3n) is 5.19. The third-order valence-corrected chi connectivity index (χ3v) is 6.15. The van der Waals surface area contributed by atoms with Gasteiger partial charge in [0.2, 0.25) is 0 Å². The van der Waals surface area contributed by atoms with Crippen molar-refractivity contribution in [3.8, 4) is 5.75 Å². The van der Waals surface area contributed by atoms with Crippen LogP contribution in [0.25, 0.3) is 10.2 Å². The minimum absolute atomic E-state index is 0.217. The number of carbonyl (C=O) groups excluding carboxylic acids is 1. The Hall–Kier alpha value is -3.85.